The minimum absolute atomic E-state index is 1.06. The van der Waals surface area contributed by atoms with Crippen LogP contribution in [0.15, 0.2) is 24.4 Å². The maximum Gasteiger partial charge on any atom is 0.136 e. The Hall–Kier alpha value is -1.81. The summed E-state index contributed by atoms with van der Waals surface area (Å²) in [6.07, 6.45) is 2.00. The first-order valence-corrected chi connectivity index (χ1v) is 7.78. The summed E-state index contributed by atoms with van der Waals surface area (Å²) in [5.41, 5.74) is 2.41. The predicted octanol–water partition coefficient (Wildman–Crippen LogP) is 2.73. The molecule has 1 aromatic heterocycles. The highest BCUT2D eigenvalue weighted by molar-refractivity contribution is 6.02. The van der Waals surface area contributed by atoms with Gasteiger partial charge >= 0.3 is 0 Å². The Morgan fingerprint density at radius 2 is 1.95 bits per heavy atom. The number of fused-ring (bicyclic) bond motifs is 1. The molecule has 0 bridgehead atoms. The van der Waals surface area contributed by atoms with Crippen LogP contribution in [0.4, 0.5) is 11.5 Å². The Balaban J connectivity index is 2.02. The van der Waals surface area contributed by atoms with Crippen LogP contribution in [0.5, 0.6) is 0 Å². The number of hydrogen-bond acceptors (Lipinski definition) is 4. The molecular formula is C17H24N4. The average molecular weight is 284 g/mol. The van der Waals surface area contributed by atoms with Gasteiger partial charge in [-0.25, -0.2) is 4.98 Å². The first-order chi connectivity index (χ1) is 10.2. The topological polar surface area (TPSA) is 31.4 Å². The molecule has 1 fully saturated rings. The third kappa shape index (κ3) is 2.56. The highest BCUT2D eigenvalue weighted by atomic mass is 15.3. The number of likely N-dealkylation sites (N-methyl/N-ethyl adjacent to an activating group) is 1. The van der Waals surface area contributed by atoms with Gasteiger partial charge in [0.25, 0.3) is 0 Å². The monoisotopic (exact) mass is 284 g/mol. The maximum absolute atomic E-state index is 4.74. The van der Waals surface area contributed by atoms with Crippen LogP contribution in [0.1, 0.15) is 12.5 Å². The third-order valence-electron chi connectivity index (χ3n) is 4.47. The zero-order valence-electron chi connectivity index (χ0n) is 13.2. The van der Waals surface area contributed by atoms with Crippen LogP contribution < -0.4 is 10.2 Å². The molecule has 0 spiro atoms. The van der Waals surface area contributed by atoms with Crippen molar-refractivity contribution >= 4 is 22.3 Å². The average Bonchev–Trinajstić information content (AvgIpc) is 2.55. The Bertz CT molecular complexity index is 630. The summed E-state index contributed by atoms with van der Waals surface area (Å²) < 4.78 is 0. The lowest BCUT2D eigenvalue weighted by Gasteiger charge is -2.35. The van der Waals surface area contributed by atoms with Crippen LogP contribution in [0.25, 0.3) is 10.8 Å². The standard InChI is InChI=1S/C17H24N4/c1-4-20-8-10-21(11-9-20)17-14-6-5-7-15(18-3)16(14)13(2)12-19-17/h5-7,12,18H,4,8-11H2,1-3H3. The van der Waals surface area contributed by atoms with Crippen molar-refractivity contribution in [2.24, 2.45) is 0 Å². The summed E-state index contributed by atoms with van der Waals surface area (Å²) in [4.78, 5) is 9.65. The molecule has 4 nitrogen and oxygen atoms in total. The Kier molecular flexibility index (Phi) is 3.97. The van der Waals surface area contributed by atoms with Gasteiger partial charge in [-0.2, -0.15) is 0 Å². The molecule has 21 heavy (non-hydrogen) atoms. The molecule has 0 unspecified atom stereocenters. The highest BCUT2D eigenvalue weighted by Crippen LogP contribution is 2.32. The third-order valence-corrected chi connectivity index (χ3v) is 4.47. The second-order valence-electron chi connectivity index (χ2n) is 5.66. The minimum atomic E-state index is 1.06. The van der Waals surface area contributed by atoms with Crippen LogP contribution in [0.2, 0.25) is 0 Å². The lowest BCUT2D eigenvalue weighted by Crippen LogP contribution is -2.46. The van der Waals surface area contributed by atoms with Crippen molar-refractivity contribution in [3.63, 3.8) is 0 Å². The molecule has 1 N–H and O–H groups in total. The molecule has 0 aliphatic carbocycles. The Morgan fingerprint density at radius 1 is 1.19 bits per heavy atom. The van der Waals surface area contributed by atoms with Crippen LogP contribution in [-0.4, -0.2) is 49.7 Å². The number of anilines is 2. The van der Waals surface area contributed by atoms with Gasteiger partial charge in [0.1, 0.15) is 5.82 Å². The maximum atomic E-state index is 4.74. The number of aromatic nitrogens is 1. The molecule has 1 aromatic carbocycles. The largest absolute Gasteiger partial charge is 0.388 e. The van der Waals surface area contributed by atoms with Gasteiger partial charge in [-0.1, -0.05) is 19.1 Å². The highest BCUT2D eigenvalue weighted by Gasteiger charge is 2.19. The van der Waals surface area contributed by atoms with Crippen LogP contribution >= 0.6 is 0 Å². The molecule has 3 rings (SSSR count). The van der Waals surface area contributed by atoms with E-state index in [1.165, 1.54) is 22.0 Å². The molecule has 0 atom stereocenters. The molecule has 1 aliphatic heterocycles. The first kappa shape index (κ1) is 14.1. The van der Waals surface area contributed by atoms with Crippen LogP contribution in [-0.2, 0) is 0 Å². The molecule has 2 heterocycles. The van der Waals surface area contributed by atoms with Crippen molar-refractivity contribution < 1.29 is 0 Å². The van der Waals surface area contributed by atoms with Crippen molar-refractivity contribution in [3.05, 3.63) is 30.0 Å². The molecular weight excluding hydrogens is 260 g/mol. The number of rotatable bonds is 3. The molecule has 1 aliphatic rings. The number of hydrogen-bond donors (Lipinski definition) is 1. The van der Waals surface area contributed by atoms with Crippen molar-refractivity contribution in [1.82, 2.24) is 9.88 Å². The van der Waals surface area contributed by atoms with E-state index in [0.717, 1.165) is 38.5 Å². The summed E-state index contributed by atoms with van der Waals surface area (Å²) in [5.74, 6) is 1.13. The van der Waals surface area contributed by atoms with Gasteiger partial charge in [0, 0.05) is 55.9 Å². The fourth-order valence-electron chi connectivity index (χ4n) is 3.19. The number of nitrogens with one attached hydrogen (secondary N) is 1. The number of aryl methyl sites for hydroxylation is 1. The molecule has 0 amide bonds. The van der Waals surface area contributed by atoms with E-state index < -0.39 is 0 Å². The normalized spacial score (nSPS) is 16.4. The zero-order valence-corrected chi connectivity index (χ0v) is 13.2. The molecule has 0 saturated carbocycles. The van der Waals surface area contributed by atoms with Crippen LogP contribution in [0, 0.1) is 6.92 Å². The lowest BCUT2D eigenvalue weighted by molar-refractivity contribution is 0.271. The van der Waals surface area contributed by atoms with E-state index in [-0.39, 0.29) is 0 Å². The summed E-state index contributed by atoms with van der Waals surface area (Å²) in [6, 6.07) is 6.44. The van der Waals surface area contributed by atoms with Crippen LogP contribution in [0.3, 0.4) is 0 Å². The first-order valence-electron chi connectivity index (χ1n) is 7.78. The van der Waals surface area contributed by atoms with Gasteiger partial charge in [-0.05, 0) is 25.1 Å². The van der Waals surface area contributed by atoms with E-state index in [9.17, 15) is 0 Å². The number of benzene rings is 1. The van der Waals surface area contributed by atoms with Gasteiger partial charge < -0.3 is 15.1 Å². The van der Waals surface area contributed by atoms with E-state index in [1.807, 2.05) is 13.2 Å². The molecule has 0 radical (unpaired) electrons. The van der Waals surface area contributed by atoms with Crippen molar-refractivity contribution in [1.29, 1.82) is 0 Å². The molecule has 112 valence electrons. The van der Waals surface area contributed by atoms with Gasteiger partial charge in [0.05, 0.1) is 0 Å². The van der Waals surface area contributed by atoms with Gasteiger partial charge in [-0.15, -0.1) is 0 Å². The molecule has 1 saturated heterocycles. The summed E-state index contributed by atoms with van der Waals surface area (Å²) in [7, 11) is 1.98. The predicted molar refractivity (Wildman–Crippen MR) is 90.4 cm³/mol. The second kappa shape index (κ2) is 5.90. The van der Waals surface area contributed by atoms with Crippen molar-refractivity contribution in [2.75, 3.05) is 50.0 Å². The van der Waals surface area contributed by atoms with E-state index in [4.69, 9.17) is 4.98 Å². The van der Waals surface area contributed by atoms with Crippen molar-refractivity contribution in [3.8, 4) is 0 Å². The fraction of sp³-hybridized carbons (Fsp3) is 0.471. The molecule has 4 heteroatoms. The summed E-state index contributed by atoms with van der Waals surface area (Å²) >= 11 is 0. The van der Waals surface area contributed by atoms with Crippen molar-refractivity contribution in [2.45, 2.75) is 13.8 Å². The second-order valence-corrected chi connectivity index (χ2v) is 5.66. The number of pyridine rings is 1. The van der Waals surface area contributed by atoms with E-state index in [1.54, 1.807) is 0 Å². The van der Waals surface area contributed by atoms with Gasteiger partial charge in [-0.3, -0.25) is 0 Å². The number of nitrogens with zero attached hydrogens (tertiary/aromatic N) is 3. The quantitative estimate of drug-likeness (QED) is 0.939. The minimum Gasteiger partial charge on any atom is -0.388 e. The fourth-order valence-corrected chi connectivity index (χ4v) is 3.19. The number of piperazine rings is 1. The smallest absolute Gasteiger partial charge is 0.136 e. The molecule has 2 aromatic rings. The summed E-state index contributed by atoms with van der Waals surface area (Å²) in [5, 5.41) is 5.85. The van der Waals surface area contributed by atoms with Gasteiger partial charge in [0.2, 0.25) is 0 Å². The Morgan fingerprint density at radius 3 is 2.62 bits per heavy atom. The van der Waals surface area contributed by atoms with E-state index >= 15 is 0 Å². The lowest BCUT2D eigenvalue weighted by atomic mass is 10.1. The van der Waals surface area contributed by atoms with Gasteiger partial charge in [0.15, 0.2) is 0 Å². The summed E-state index contributed by atoms with van der Waals surface area (Å²) in [6.45, 7) is 9.87. The van der Waals surface area contributed by atoms with E-state index in [0.29, 0.717) is 0 Å². The SMILES string of the molecule is CCN1CCN(c2ncc(C)c3c(NC)cccc23)CC1. The Labute approximate surface area is 126 Å². The van der Waals surface area contributed by atoms with E-state index in [2.05, 4.69) is 47.2 Å². The zero-order chi connectivity index (χ0) is 14.8.